The number of aryl methyl sites for hydroxylation is 1. The summed E-state index contributed by atoms with van der Waals surface area (Å²) >= 11 is 5.78. The Kier molecular flexibility index (Phi) is 5.41. The van der Waals surface area contributed by atoms with Gasteiger partial charge in [0.05, 0.1) is 17.2 Å². The summed E-state index contributed by atoms with van der Waals surface area (Å²) in [4.78, 5) is 12.2. The first kappa shape index (κ1) is 18.6. The van der Waals surface area contributed by atoms with Crippen molar-refractivity contribution in [2.75, 3.05) is 13.6 Å². The molecule has 1 amide bonds. The van der Waals surface area contributed by atoms with Crippen molar-refractivity contribution in [2.24, 2.45) is 5.10 Å². The van der Waals surface area contributed by atoms with Crippen LogP contribution >= 0.6 is 11.6 Å². The number of halogens is 1. The summed E-state index contributed by atoms with van der Waals surface area (Å²) in [5.74, 6) is -0.498. The van der Waals surface area contributed by atoms with E-state index in [0.29, 0.717) is 5.02 Å². The highest BCUT2D eigenvalue weighted by molar-refractivity contribution is 7.89. The molecule has 0 saturated heterocycles. The highest BCUT2D eigenvalue weighted by atomic mass is 35.5. The smallest absolute Gasteiger partial charge is 0.255 e. The van der Waals surface area contributed by atoms with Gasteiger partial charge in [0.25, 0.3) is 5.91 Å². The molecule has 0 saturated carbocycles. The van der Waals surface area contributed by atoms with Gasteiger partial charge in [-0.25, -0.2) is 13.8 Å². The zero-order valence-electron chi connectivity index (χ0n) is 14.1. The van der Waals surface area contributed by atoms with Gasteiger partial charge in [-0.1, -0.05) is 35.9 Å². The van der Waals surface area contributed by atoms with Crippen LogP contribution in [0.25, 0.3) is 0 Å². The molecule has 136 valence electrons. The lowest BCUT2D eigenvalue weighted by molar-refractivity contribution is -0.121. The minimum Gasteiger partial charge on any atom is -0.272 e. The van der Waals surface area contributed by atoms with E-state index in [4.69, 9.17) is 11.6 Å². The molecule has 6 nitrogen and oxygen atoms in total. The fraction of sp³-hybridized carbons (Fsp3) is 0.222. The molecular formula is C18H18ClN3O3S. The van der Waals surface area contributed by atoms with Crippen LogP contribution in [0.4, 0.5) is 0 Å². The molecule has 1 N–H and O–H groups in total. The van der Waals surface area contributed by atoms with Crippen LogP contribution in [0.5, 0.6) is 0 Å². The van der Waals surface area contributed by atoms with Crippen LogP contribution in [0.3, 0.4) is 0 Å². The molecule has 1 aliphatic rings. The predicted octanol–water partition coefficient (Wildman–Crippen LogP) is 2.43. The van der Waals surface area contributed by atoms with Crippen molar-refractivity contribution in [3.8, 4) is 0 Å². The van der Waals surface area contributed by atoms with Crippen molar-refractivity contribution in [3.05, 3.63) is 64.7 Å². The van der Waals surface area contributed by atoms with E-state index in [1.165, 1.54) is 36.9 Å². The van der Waals surface area contributed by atoms with Crippen molar-refractivity contribution < 1.29 is 13.2 Å². The SMILES string of the molecule is CN(CC(=O)N/N=C1/CCc2ccccc21)S(=O)(=O)c1ccc(Cl)cc1. The number of hydrogen-bond donors (Lipinski definition) is 1. The maximum atomic E-state index is 12.5. The summed E-state index contributed by atoms with van der Waals surface area (Å²) in [5, 5.41) is 4.60. The van der Waals surface area contributed by atoms with Crippen LogP contribution in [0.2, 0.25) is 5.02 Å². The van der Waals surface area contributed by atoms with E-state index in [2.05, 4.69) is 10.5 Å². The van der Waals surface area contributed by atoms with Gasteiger partial charge in [-0.05, 0) is 42.7 Å². The number of carbonyl (C=O) groups excluding carboxylic acids is 1. The Bertz CT molecular complexity index is 956. The Balaban J connectivity index is 1.65. The van der Waals surface area contributed by atoms with Crippen LogP contribution in [-0.2, 0) is 21.2 Å². The summed E-state index contributed by atoms with van der Waals surface area (Å²) in [7, 11) is -2.42. The molecule has 8 heteroatoms. The fourth-order valence-corrected chi connectivity index (χ4v) is 4.02. The molecule has 0 bridgehead atoms. The number of nitrogens with one attached hydrogen (secondary N) is 1. The average Bonchev–Trinajstić information content (AvgIpc) is 3.03. The summed E-state index contributed by atoms with van der Waals surface area (Å²) in [5.41, 5.74) is 5.47. The highest BCUT2D eigenvalue weighted by Crippen LogP contribution is 2.21. The summed E-state index contributed by atoms with van der Waals surface area (Å²) in [6.45, 7) is -0.330. The molecule has 2 aromatic carbocycles. The molecule has 0 aromatic heterocycles. The zero-order chi connectivity index (χ0) is 18.7. The van der Waals surface area contributed by atoms with E-state index in [1.807, 2.05) is 24.3 Å². The maximum absolute atomic E-state index is 12.5. The molecule has 0 spiro atoms. The normalized spacial score (nSPS) is 15.3. The summed E-state index contributed by atoms with van der Waals surface area (Å²) in [6.07, 6.45) is 1.63. The van der Waals surface area contributed by atoms with Gasteiger partial charge in [-0.15, -0.1) is 0 Å². The second kappa shape index (κ2) is 7.57. The van der Waals surface area contributed by atoms with E-state index < -0.39 is 15.9 Å². The van der Waals surface area contributed by atoms with Crippen molar-refractivity contribution in [1.82, 2.24) is 9.73 Å². The molecule has 0 heterocycles. The van der Waals surface area contributed by atoms with Gasteiger partial charge in [0.15, 0.2) is 0 Å². The molecule has 3 rings (SSSR count). The Morgan fingerprint density at radius 2 is 1.85 bits per heavy atom. The fourth-order valence-electron chi connectivity index (χ4n) is 2.76. The largest absolute Gasteiger partial charge is 0.272 e. The average molecular weight is 392 g/mol. The Hall–Kier alpha value is -2.22. The van der Waals surface area contributed by atoms with Crippen LogP contribution in [0, 0.1) is 0 Å². The van der Waals surface area contributed by atoms with E-state index in [0.717, 1.165) is 28.4 Å². The lowest BCUT2D eigenvalue weighted by Gasteiger charge is -2.16. The van der Waals surface area contributed by atoms with E-state index in [9.17, 15) is 13.2 Å². The molecule has 1 aliphatic carbocycles. The second-order valence-electron chi connectivity index (χ2n) is 5.97. The van der Waals surface area contributed by atoms with Gasteiger partial charge in [-0.3, -0.25) is 4.79 Å². The first-order chi connectivity index (χ1) is 12.4. The number of sulfonamides is 1. The monoisotopic (exact) mass is 391 g/mol. The topological polar surface area (TPSA) is 78.8 Å². The number of amides is 1. The third-order valence-corrected chi connectivity index (χ3v) is 6.23. The second-order valence-corrected chi connectivity index (χ2v) is 8.45. The van der Waals surface area contributed by atoms with Gasteiger partial charge in [-0.2, -0.15) is 9.41 Å². The number of hydrogen-bond acceptors (Lipinski definition) is 4. The molecular weight excluding hydrogens is 374 g/mol. The molecule has 0 unspecified atom stereocenters. The van der Waals surface area contributed by atoms with Gasteiger partial charge < -0.3 is 0 Å². The number of nitrogens with zero attached hydrogens (tertiary/aromatic N) is 2. The third-order valence-electron chi connectivity index (χ3n) is 4.16. The first-order valence-corrected chi connectivity index (χ1v) is 9.85. The summed E-state index contributed by atoms with van der Waals surface area (Å²) in [6, 6.07) is 13.7. The molecule has 0 fully saturated rings. The lowest BCUT2D eigenvalue weighted by atomic mass is 10.1. The number of rotatable bonds is 5. The minimum absolute atomic E-state index is 0.0771. The van der Waals surface area contributed by atoms with E-state index in [-0.39, 0.29) is 11.4 Å². The Labute approximate surface area is 157 Å². The number of likely N-dealkylation sites (N-methyl/N-ethyl adjacent to an activating group) is 1. The number of carbonyl (C=O) groups is 1. The molecule has 0 aliphatic heterocycles. The maximum Gasteiger partial charge on any atom is 0.255 e. The minimum atomic E-state index is -3.77. The van der Waals surface area contributed by atoms with Crippen molar-refractivity contribution in [2.45, 2.75) is 17.7 Å². The lowest BCUT2D eigenvalue weighted by Crippen LogP contribution is -2.36. The van der Waals surface area contributed by atoms with Gasteiger partial charge >= 0.3 is 0 Å². The predicted molar refractivity (Wildman–Crippen MR) is 101 cm³/mol. The Morgan fingerprint density at radius 3 is 2.58 bits per heavy atom. The van der Waals surface area contributed by atoms with Crippen molar-refractivity contribution in [3.63, 3.8) is 0 Å². The standard InChI is InChI=1S/C18H18ClN3O3S/c1-22(26(24,25)15-9-7-14(19)8-10-15)12-18(23)21-20-17-11-6-13-4-2-3-5-16(13)17/h2-5,7-10H,6,11-12H2,1H3,(H,21,23)/b20-17-. The highest BCUT2D eigenvalue weighted by Gasteiger charge is 2.23. The summed E-state index contributed by atoms with van der Waals surface area (Å²) < 4.78 is 25.9. The van der Waals surface area contributed by atoms with Crippen LogP contribution in [-0.4, -0.2) is 37.9 Å². The molecule has 0 radical (unpaired) electrons. The number of fused-ring (bicyclic) bond motifs is 1. The zero-order valence-corrected chi connectivity index (χ0v) is 15.7. The Morgan fingerprint density at radius 1 is 1.15 bits per heavy atom. The molecule has 2 aromatic rings. The van der Waals surface area contributed by atoms with Gasteiger partial charge in [0.1, 0.15) is 0 Å². The van der Waals surface area contributed by atoms with Crippen molar-refractivity contribution >= 4 is 33.2 Å². The number of hydrazone groups is 1. The van der Waals surface area contributed by atoms with Gasteiger partial charge in [0, 0.05) is 17.6 Å². The quantitative estimate of drug-likeness (QED) is 0.795. The van der Waals surface area contributed by atoms with Gasteiger partial charge in [0.2, 0.25) is 10.0 Å². The van der Waals surface area contributed by atoms with Crippen LogP contribution in [0.1, 0.15) is 17.5 Å². The third kappa shape index (κ3) is 3.95. The molecule has 26 heavy (non-hydrogen) atoms. The molecule has 0 atom stereocenters. The van der Waals surface area contributed by atoms with E-state index >= 15 is 0 Å². The van der Waals surface area contributed by atoms with Crippen LogP contribution in [0.15, 0.2) is 58.5 Å². The van der Waals surface area contributed by atoms with Crippen LogP contribution < -0.4 is 5.43 Å². The van der Waals surface area contributed by atoms with Crippen molar-refractivity contribution in [1.29, 1.82) is 0 Å². The number of benzene rings is 2. The van der Waals surface area contributed by atoms with E-state index in [1.54, 1.807) is 0 Å². The first-order valence-electron chi connectivity index (χ1n) is 8.03.